The number of nitrogens with one attached hydrogen (secondary N) is 1. The molecule has 0 aliphatic rings. The lowest BCUT2D eigenvalue weighted by molar-refractivity contribution is -0.204. The Bertz CT molecular complexity index is 302. The minimum absolute atomic E-state index is 0.320. The number of carboxylic acids is 1. The first-order valence-corrected chi connectivity index (χ1v) is 4.01. The highest BCUT2D eigenvalue weighted by Crippen LogP contribution is 2.30. The van der Waals surface area contributed by atoms with Crippen molar-refractivity contribution in [1.82, 2.24) is 5.32 Å². The third kappa shape index (κ3) is 3.14. The first kappa shape index (κ1) is 14.3. The molecule has 0 aliphatic heterocycles. The van der Waals surface area contributed by atoms with Gasteiger partial charge in [0.15, 0.2) is 0 Å². The van der Waals surface area contributed by atoms with Crippen LogP contribution in [0.1, 0.15) is 6.92 Å². The summed E-state index contributed by atoms with van der Waals surface area (Å²) in [7, 11) is 0. The van der Waals surface area contributed by atoms with Gasteiger partial charge in [0.2, 0.25) is 5.54 Å². The minimum Gasteiger partial charge on any atom is -0.479 e. The third-order valence-corrected chi connectivity index (χ3v) is 1.68. The molecule has 0 heterocycles. The van der Waals surface area contributed by atoms with E-state index in [1.165, 1.54) is 5.32 Å². The predicted molar refractivity (Wildman–Crippen MR) is 46.8 cm³/mol. The zero-order chi connectivity index (χ0) is 13.0. The molecule has 0 aromatic heterocycles. The summed E-state index contributed by atoms with van der Waals surface area (Å²) in [5, 5.41) is 9.67. The number of alkyl halides is 3. The van der Waals surface area contributed by atoms with Crippen LogP contribution in [0.3, 0.4) is 0 Å². The summed E-state index contributed by atoms with van der Waals surface area (Å²) in [6, 6.07) is 0. The van der Waals surface area contributed by atoms with Gasteiger partial charge >= 0.3 is 18.2 Å². The number of rotatable bonds is 4. The van der Waals surface area contributed by atoms with Gasteiger partial charge in [0.25, 0.3) is 0 Å². The van der Waals surface area contributed by atoms with Crippen molar-refractivity contribution in [2.24, 2.45) is 0 Å². The Kier molecular flexibility index (Phi) is 4.34. The Morgan fingerprint density at radius 3 is 2.31 bits per heavy atom. The molecule has 92 valence electrons. The van der Waals surface area contributed by atoms with E-state index in [0.717, 1.165) is 6.08 Å². The summed E-state index contributed by atoms with van der Waals surface area (Å²) in [5.41, 5.74) is -3.38. The number of hydrogen-bond donors (Lipinski definition) is 2. The van der Waals surface area contributed by atoms with Crippen LogP contribution >= 0.6 is 0 Å². The minimum atomic E-state index is -5.13. The molecule has 0 rings (SSSR count). The molecule has 0 bridgehead atoms. The molecule has 0 aliphatic carbocycles. The van der Waals surface area contributed by atoms with E-state index in [1.807, 2.05) is 0 Å². The number of ether oxygens (including phenoxy) is 1. The van der Waals surface area contributed by atoms with Gasteiger partial charge in [-0.05, 0) is 6.92 Å². The zero-order valence-corrected chi connectivity index (χ0v) is 8.30. The molecular weight excluding hydrogens is 231 g/mol. The predicted octanol–water partition coefficient (Wildman–Crippen LogP) is 1.30. The maximum absolute atomic E-state index is 12.4. The maximum atomic E-state index is 12.4. The van der Waals surface area contributed by atoms with Crippen LogP contribution in [-0.2, 0) is 9.53 Å². The van der Waals surface area contributed by atoms with Crippen molar-refractivity contribution >= 4 is 12.1 Å². The van der Waals surface area contributed by atoms with Crippen LogP contribution in [0.5, 0.6) is 0 Å². The molecule has 0 radical (unpaired) electrons. The highest BCUT2D eigenvalue weighted by Gasteiger charge is 2.58. The largest absolute Gasteiger partial charge is 0.479 e. The Morgan fingerprint density at radius 1 is 1.50 bits per heavy atom. The maximum Gasteiger partial charge on any atom is 0.422 e. The van der Waals surface area contributed by atoms with Gasteiger partial charge in [0.1, 0.15) is 6.61 Å². The molecule has 0 spiro atoms. The van der Waals surface area contributed by atoms with Crippen molar-refractivity contribution in [3.63, 3.8) is 0 Å². The first-order chi connectivity index (χ1) is 7.15. The van der Waals surface area contributed by atoms with Gasteiger partial charge in [-0.25, -0.2) is 9.59 Å². The van der Waals surface area contributed by atoms with Gasteiger partial charge in [0, 0.05) is 0 Å². The summed E-state index contributed by atoms with van der Waals surface area (Å²) in [6.07, 6.45) is -5.49. The number of carbonyl (C=O) groups excluding carboxylic acids is 1. The molecule has 2 N–H and O–H groups in total. The van der Waals surface area contributed by atoms with E-state index in [4.69, 9.17) is 5.11 Å². The van der Waals surface area contributed by atoms with Gasteiger partial charge in [-0.2, -0.15) is 13.2 Å². The third-order valence-electron chi connectivity index (χ3n) is 1.68. The molecule has 5 nitrogen and oxygen atoms in total. The molecule has 1 unspecified atom stereocenters. The monoisotopic (exact) mass is 241 g/mol. The van der Waals surface area contributed by atoms with Gasteiger partial charge in [0.05, 0.1) is 0 Å². The number of halogens is 3. The summed E-state index contributed by atoms with van der Waals surface area (Å²) < 4.78 is 41.3. The first-order valence-electron chi connectivity index (χ1n) is 4.01. The lowest BCUT2D eigenvalue weighted by Crippen LogP contribution is -2.62. The van der Waals surface area contributed by atoms with Gasteiger partial charge in [-0.15, -0.1) is 0 Å². The van der Waals surface area contributed by atoms with Gasteiger partial charge in [-0.1, -0.05) is 12.7 Å². The molecule has 1 amide bonds. The smallest absolute Gasteiger partial charge is 0.422 e. The van der Waals surface area contributed by atoms with Crippen molar-refractivity contribution in [2.75, 3.05) is 6.61 Å². The summed E-state index contributed by atoms with van der Waals surface area (Å²) >= 11 is 0. The summed E-state index contributed by atoms with van der Waals surface area (Å²) in [4.78, 5) is 21.3. The van der Waals surface area contributed by atoms with Crippen LogP contribution in [0.2, 0.25) is 0 Å². The van der Waals surface area contributed by atoms with Crippen LogP contribution in [0, 0.1) is 0 Å². The number of aliphatic carboxylic acids is 1. The molecule has 0 saturated heterocycles. The molecule has 0 fully saturated rings. The fraction of sp³-hybridized carbons (Fsp3) is 0.500. The fourth-order valence-corrected chi connectivity index (χ4v) is 0.620. The second-order valence-electron chi connectivity index (χ2n) is 2.94. The van der Waals surface area contributed by atoms with Crippen LogP contribution in [0.4, 0.5) is 18.0 Å². The highest BCUT2D eigenvalue weighted by molar-refractivity contribution is 5.84. The molecule has 1 atom stereocenters. The Balaban J connectivity index is 4.77. The van der Waals surface area contributed by atoms with Crippen LogP contribution in [0.25, 0.3) is 0 Å². The summed E-state index contributed by atoms with van der Waals surface area (Å²) in [5.74, 6) is -2.23. The van der Waals surface area contributed by atoms with Crippen molar-refractivity contribution in [2.45, 2.75) is 18.6 Å². The fourth-order valence-electron chi connectivity index (χ4n) is 0.620. The molecular formula is C8H10F3NO4. The van der Waals surface area contributed by atoms with Crippen molar-refractivity contribution < 1.29 is 32.6 Å². The van der Waals surface area contributed by atoms with Crippen molar-refractivity contribution in [3.05, 3.63) is 12.7 Å². The second kappa shape index (κ2) is 4.86. The number of amides is 1. The normalized spacial score (nSPS) is 14.8. The highest BCUT2D eigenvalue weighted by atomic mass is 19.4. The van der Waals surface area contributed by atoms with Crippen LogP contribution in [-0.4, -0.2) is 35.5 Å². The number of alkyl carbamates (subject to hydrolysis) is 1. The standard InChI is InChI=1S/C8H10F3NO4/c1-3-4-16-6(15)12-7(2,5(13)14)8(9,10)11/h3H,1,4H2,2H3,(H,12,15)(H,13,14). The number of hydrogen-bond acceptors (Lipinski definition) is 3. The van der Waals surface area contributed by atoms with E-state index in [2.05, 4.69) is 11.3 Å². The number of carbonyl (C=O) groups is 2. The van der Waals surface area contributed by atoms with E-state index < -0.39 is 23.8 Å². The quantitative estimate of drug-likeness (QED) is 0.727. The molecule has 0 saturated carbocycles. The summed E-state index contributed by atoms with van der Waals surface area (Å²) in [6.45, 7) is 3.17. The molecule has 16 heavy (non-hydrogen) atoms. The van der Waals surface area contributed by atoms with E-state index in [9.17, 15) is 22.8 Å². The SMILES string of the molecule is C=CCOC(=O)NC(C)(C(=O)O)C(F)(F)F. The van der Waals surface area contributed by atoms with Gasteiger partial charge < -0.3 is 9.84 Å². The van der Waals surface area contributed by atoms with Crippen LogP contribution in [0.15, 0.2) is 12.7 Å². The second-order valence-corrected chi connectivity index (χ2v) is 2.94. The Morgan fingerprint density at radius 2 is 2.00 bits per heavy atom. The Hall–Kier alpha value is -1.73. The van der Waals surface area contributed by atoms with E-state index >= 15 is 0 Å². The molecule has 8 heteroatoms. The van der Waals surface area contributed by atoms with Crippen molar-refractivity contribution in [1.29, 1.82) is 0 Å². The lowest BCUT2D eigenvalue weighted by Gasteiger charge is -2.27. The molecule has 0 aromatic carbocycles. The zero-order valence-electron chi connectivity index (χ0n) is 8.30. The lowest BCUT2D eigenvalue weighted by atomic mass is 10.0. The van der Waals surface area contributed by atoms with E-state index in [0.29, 0.717) is 6.92 Å². The topological polar surface area (TPSA) is 75.6 Å². The van der Waals surface area contributed by atoms with E-state index in [1.54, 1.807) is 0 Å². The Labute approximate surface area is 88.9 Å². The van der Waals surface area contributed by atoms with Crippen LogP contribution < -0.4 is 5.32 Å². The van der Waals surface area contributed by atoms with E-state index in [-0.39, 0.29) is 6.61 Å². The average molecular weight is 241 g/mol. The molecule has 0 aromatic rings. The average Bonchev–Trinajstić information content (AvgIpc) is 2.12. The number of carboxylic acid groups (broad SMARTS) is 1. The van der Waals surface area contributed by atoms with Crippen molar-refractivity contribution in [3.8, 4) is 0 Å². The van der Waals surface area contributed by atoms with Gasteiger partial charge in [-0.3, -0.25) is 5.32 Å².